The number of hydrogen-bond donors (Lipinski definition) is 1. The molecule has 1 aromatic carbocycles. The molecule has 0 aromatic heterocycles. The largest absolute Gasteiger partial charge is 0.512 e. The average molecular weight is 302 g/mol. The third kappa shape index (κ3) is 4.22. The summed E-state index contributed by atoms with van der Waals surface area (Å²) in [6, 6.07) is 4.72. The first-order valence-corrected chi connectivity index (χ1v) is 6.51. The van der Waals surface area contributed by atoms with Gasteiger partial charge in [-0.15, -0.1) is 0 Å². The van der Waals surface area contributed by atoms with Crippen LogP contribution in [0.1, 0.15) is 25.0 Å². The molecule has 1 aromatic rings. The Balaban J connectivity index is 2.05. The third-order valence-corrected chi connectivity index (χ3v) is 3.25. The molecule has 1 saturated heterocycles. The molecular formula is C15H17F3O3. The number of hydrogen-bond acceptors (Lipinski definition) is 3. The van der Waals surface area contributed by atoms with Gasteiger partial charge in [0.1, 0.15) is 5.76 Å². The molecule has 1 N–H and O–H groups in total. The Morgan fingerprint density at radius 3 is 2.14 bits per heavy atom. The predicted octanol–water partition coefficient (Wildman–Crippen LogP) is 3.84. The predicted molar refractivity (Wildman–Crippen MR) is 70.8 cm³/mol. The molecule has 0 radical (unpaired) electrons. The summed E-state index contributed by atoms with van der Waals surface area (Å²) in [4.78, 5) is 0. The van der Waals surface area contributed by atoms with Crippen LogP contribution < -0.4 is 0 Å². The number of rotatable bonds is 2. The zero-order chi connectivity index (χ0) is 15.7. The highest BCUT2D eigenvalue weighted by molar-refractivity contribution is 5.28. The van der Waals surface area contributed by atoms with Gasteiger partial charge in [0.2, 0.25) is 0 Å². The minimum atomic E-state index is -4.35. The highest BCUT2D eigenvalue weighted by Gasteiger charge is 2.30. The van der Waals surface area contributed by atoms with Crippen LogP contribution >= 0.6 is 0 Å². The van der Waals surface area contributed by atoms with Gasteiger partial charge in [0.15, 0.2) is 5.79 Å². The van der Waals surface area contributed by atoms with Crippen molar-refractivity contribution in [3.63, 3.8) is 0 Å². The van der Waals surface area contributed by atoms with E-state index in [1.54, 1.807) is 13.8 Å². The molecule has 0 saturated carbocycles. The van der Waals surface area contributed by atoms with Crippen LogP contribution in [0.3, 0.4) is 0 Å². The van der Waals surface area contributed by atoms with Gasteiger partial charge in [0.25, 0.3) is 0 Å². The van der Waals surface area contributed by atoms with Crippen LogP contribution in [-0.4, -0.2) is 24.1 Å². The van der Waals surface area contributed by atoms with Gasteiger partial charge in [-0.3, -0.25) is 0 Å². The Kier molecular flexibility index (Phi) is 4.30. The smallest absolute Gasteiger partial charge is 0.416 e. The lowest BCUT2D eigenvalue weighted by atomic mass is 10.1. The van der Waals surface area contributed by atoms with Crippen LogP contribution in [0.5, 0.6) is 0 Å². The van der Waals surface area contributed by atoms with Crippen molar-refractivity contribution in [2.75, 3.05) is 13.2 Å². The van der Waals surface area contributed by atoms with Crippen LogP contribution in [0.2, 0.25) is 0 Å². The van der Waals surface area contributed by atoms with Crippen molar-refractivity contribution < 1.29 is 27.8 Å². The minimum Gasteiger partial charge on any atom is -0.512 e. The van der Waals surface area contributed by atoms with Crippen molar-refractivity contribution in [3.05, 3.63) is 46.7 Å². The maximum absolute atomic E-state index is 12.5. The summed E-state index contributed by atoms with van der Waals surface area (Å²) in [6.07, 6.45) is -4.20. The third-order valence-electron chi connectivity index (χ3n) is 3.25. The summed E-state index contributed by atoms with van der Waals surface area (Å²) in [5.41, 5.74) is 0.497. The number of halogens is 3. The van der Waals surface area contributed by atoms with Gasteiger partial charge in [-0.25, -0.2) is 0 Å². The van der Waals surface area contributed by atoms with Gasteiger partial charge in [-0.05, 0) is 31.5 Å². The Morgan fingerprint density at radius 2 is 1.67 bits per heavy atom. The number of benzene rings is 1. The zero-order valence-corrected chi connectivity index (χ0v) is 11.8. The molecule has 0 amide bonds. The standard InChI is InChI=1S/C15H17F3O3/c1-14(2)20-8-11(9-21-14)13(19)7-10-3-5-12(6-4-10)15(16,17)18/h3-6,19H,7-9H2,1-2H3. The lowest BCUT2D eigenvalue weighted by Gasteiger charge is -2.32. The Bertz CT molecular complexity index is 518. The van der Waals surface area contributed by atoms with E-state index >= 15 is 0 Å². The normalized spacial score (nSPS) is 18.6. The molecular weight excluding hydrogens is 285 g/mol. The van der Waals surface area contributed by atoms with Crippen molar-refractivity contribution in [2.45, 2.75) is 32.2 Å². The fourth-order valence-electron chi connectivity index (χ4n) is 1.90. The van der Waals surface area contributed by atoms with Gasteiger partial charge in [0.05, 0.1) is 18.8 Å². The van der Waals surface area contributed by atoms with Crippen molar-refractivity contribution >= 4 is 0 Å². The summed E-state index contributed by atoms with van der Waals surface area (Å²) >= 11 is 0. The summed E-state index contributed by atoms with van der Waals surface area (Å²) < 4.78 is 48.2. The van der Waals surface area contributed by atoms with Crippen molar-refractivity contribution in [1.82, 2.24) is 0 Å². The maximum atomic E-state index is 12.5. The molecule has 1 heterocycles. The molecule has 0 unspecified atom stereocenters. The molecule has 0 bridgehead atoms. The molecule has 0 spiro atoms. The topological polar surface area (TPSA) is 38.7 Å². The first kappa shape index (κ1) is 15.9. The van der Waals surface area contributed by atoms with Crippen LogP contribution in [0.4, 0.5) is 13.2 Å². The molecule has 1 aliphatic rings. The monoisotopic (exact) mass is 302 g/mol. The van der Waals surface area contributed by atoms with E-state index in [0.29, 0.717) is 11.1 Å². The SMILES string of the molecule is CC1(C)OCC(=C(O)Cc2ccc(C(F)(F)F)cc2)CO1. The summed E-state index contributed by atoms with van der Waals surface area (Å²) in [6.45, 7) is 4.05. The van der Waals surface area contributed by atoms with Crippen LogP contribution in [0.25, 0.3) is 0 Å². The molecule has 21 heavy (non-hydrogen) atoms. The maximum Gasteiger partial charge on any atom is 0.416 e. The van der Waals surface area contributed by atoms with E-state index in [1.807, 2.05) is 0 Å². The highest BCUT2D eigenvalue weighted by atomic mass is 19.4. The molecule has 0 atom stereocenters. The lowest BCUT2D eigenvalue weighted by Crippen LogP contribution is -2.36. The molecule has 2 rings (SSSR count). The highest BCUT2D eigenvalue weighted by Crippen LogP contribution is 2.29. The van der Waals surface area contributed by atoms with Gasteiger partial charge in [0, 0.05) is 12.0 Å². The average Bonchev–Trinajstić information content (AvgIpc) is 2.38. The fraction of sp³-hybridized carbons (Fsp3) is 0.467. The lowest BCUT2D eigenvalue weighted by molar-refractivity contribution is -0.226. The van der Waals surface area contributed by atoms with Crippen molar-refractivity contribution in [2.24, 2.45) is 0 Å². The van der Waals surface area contributed by atoms with E-state index in [0.717, 1.165) is 12.1 Å². The van der Waals surface area contributed by atoms with E-state index < -0.39 is 17.5 Å². The number of ether oxygens (including phenoxy) is 2. The van der Waals surface area contributed by atoms with Crippen molar-refractivity contribution in [1.29, 1.82) is 0 Å². The van der Waals surface area contributed by atoms with E-state index in [4.69, 9.17) is 9.47 Å². The number of aliphatic hydroxyl groups is 1. The second-order valence-corrected chi connectivity index (χ2v) is 5.40. The number of aliphatic hydroxyl groups excluding tert-OH is 1. The van der Waals surface area contributed by atoms with Gasteiger partial charge < -0.3 is 14.6 Å². The van der Waals surface area contributed by atoms with Gasteiger partial charge in [-0.2, -0.15) is 13.2 Å². The van der Waals surface area contributed by atoms with E-state index in [9.17, 15) is 18.3 Å². The minimum absolute atomic E-state index is 0.0743. The summed E-state index contributed by atoms with van der Waals surface area (Å²) in [5.74, 6) is -0.608. The second-order valence-electron chi connectivity index (χ2n) is 5.40. The molecule has 1 fully saturated rings. The molecule has 3 nitrogen and oxygen atoms in total. The quantitative estimate of drug-likeness (QED) is 0.844. The Labute approximate surface area is 121 Å². The number of allylic oxidation sites excluding steroid dienone is 1. The van der Waals surface area contributed by atoms with Gasteiger partial charge in [-0.1, -0.05) is 12.1 Å². The Morgan fingerprint density at radius 1 is 1.14 bits per heavy atom. The first-order valence-electron chi connectivity index (χ1n) is 6.51. The fourth-order valence-corrected chi connectivity index (χ4v) is 1.90. The van der Waals surface area contributed by atoms with Gasteiger partial charge >= 0.3 is 6.18 Å². The van der Waals surface area contributed by atoms with E-state index in [1.165, 1.54) is 12.1 Å². The molecule has 116 valence electrons. The molecule has 0 aliphatic carbocycles. The summed E-state index contributed by atoms with van der Waals surface area (Å²) in [5, 5.41) is 10.0. The van der Waals surface area contributed by atoms with Crippen LogP contribution in [0, 0.1) is 0 Å². The molecule has 6 heteroatoms. The zero-order valence-electron chi connectivity index (χ0n) is 11.8. The second kappa shape index (κ2) is 5.69. The summed E-state index contributed by atoms with van der Waals surface area (Å²) in [7, 11) is 0. The Hall–Kier alpha value is -1.53. The molecule has 1 aliphatic heterocycles. The van der Waals surface area contributed by atoms with Crippen LogP contribution in [-0.2, 0) is 22.1 Å². The van der Waals surface area contributed by atoms with E-state index in [-0.39, 0.29) is 25.4 Å². The van der Waals surface area contributed by atoms with Crippen molar-refractivity contribution in [3.8, 4) is 0 Å². The van der Waals surface area contributed by atoms with Crippen LogP contribution in [0.15, 0.2) is 35.6 Å². The van der Waals surface area contributed by atoms with E-state index in [2.05, 4.69) is 0 Å². The number of alkyl halides is 3. The first-order chi connectivity index (χ1) is 9.67.